The molecule has 0 fully saturated rings. The molecule has 0 saturated carbocycles. The third-order valence-corrected chi connectivity index (χ3v) is 0.721. The topological polar surface area (TPSA) is 81.7 Å². The Hall–Kier alpha value is 1.31. The zero-order chi connectivity index (χ0) is 5.91. The van der Waals surface area contributed by atoms with E-state index in [2.05, 4.69) is 0 Å². The van der Waals surface area contributed by atoms with Crippen molar-refractivity contribution in [2.45, 2.75) is 0 Å². The Morgan fingerprint density at radius 3 is 1.33 bits per heavy atom. The Morgan fingerprint density at radius 1 is 1.11 bits per heavy atom. The molecular weight excluding hydrogens is 352 g/mol. The first kappa shape index (κ1) is 16.7. The average molecular weight is 353 g/mol. The van der Waals surface area contributed by atoms with Gasteiger partial charge in [0.05, 0.1) is 0 Å². The Labute approximate surface area is 111 Å². The Morgan fingerprint density at radius 2 is 1.33 bits per heavy atom. The van der Waals surface area contributed by atoms with Gasteiger partial charge < -0.3 is 0 Å². The maximum atomic E-state index is 9.65. The summed E-state index contributed by atoms with van der Waals surface area (Å²) >= 11 is 0. The van der Waals surface area contributed by atoms with Crippen LogP contribution in [0.3, 0.4) is 0 Å². The maximum absolute atomic E-state index is 9.65. The summed E-state index contributed by atoms with van der Waals surface area (Å²) in [6, 6.07) is 0. The van der Waals surface area contributed by atoms with Crippen molar-refractivity contribution in [2.24, 2.45) is 0 Å². The van der Waals surface area contributed by atoms with Gasteiger partial charge in [0.1, 0.15) is 0 Å². The first-order chi connectivity index (χ1) is 3.12. The first-order valence-corrected chi connectivity index (χ1v) is 2.67. The monoisotopic (exact) mass is 353 g/mol. The summed E-state index contributed by atoms with van der Waals surface area (Å²) in [6.45, 7) is 0. The van der Waals surface area contributed by atoms with E-state index in [0.29, 0.717) is 0 Å². The van der Waals surface area contributed by atoms with Crippen molar-refractivity contribution >= 4 is 61.2 Å². The fourth-order valence-corrected chi connectivity index (χ4v) is 0.0612. The molecule has 0 N–H and O–H groups in total. The normalized spacial score (nSPS) is 6.89. The minimum absolute atomic E-state index is 0. The summed E-state index contributed by atoms with van der Waals surface area (Å²) in [7, 11) is -4.05. The molecule has 4 nitrogen and oxygen atoms in total. The predicted molar refractivity (Wildman–Crippen MR) is 27.3 cm³/mol. The van der Waals surface area contributed by atoms with Crippen molar-refractivity contribution in [3.63, 3.8) is 0 Å². The second-order valence-electron chi connectivity index (χ2n) is 0.686. The molecule has 9 heavy (non-hydrogen) atoms. The number of hydrogen-bond acceptors (Lipinski definition) is 4. The molecule has 0 heterocycles. The van der Waals surface area contributed by atoms with Crippen molar-refractivity contribution in [3.05, 3.63) is 0 Å². The Kier molecular flexibility index (Phi) is 13.8. The number of sulfone groups is 1. The molecule has 0 spiro atoms. The van der Waals surface area contributed by atoms with Crippen LogP contribution < -0.4 is 0 Å². The molecule has 0 rings (SSSR count). The molecule has 0 aliphatic heterocycles. The van der Waals surface area contributed by atoms with Crippen LogP contribution in [0.1, 0.15) is 0 Å². The third-order valence-electron chi connectivity index (χ3n) is 0.240. The summed E-state index contributed by atoms with van der Waals surface area (Å²) in [5.74, 6) is 0. The molecule has 0 aliphatic rings. The minimum atomic E-state index is -4.05. The van der Waals surface area contributed by atoms with Crippen molar-refractivity contribution in [1.82, 2.24) is 0 Å². The van der Waals surface area contributed by atoms with Crippen LogP contribution in [0, 0.1) is 21.3 Å². The summed E-state index contributed by atoms with van der Waals surface area (Å²) in [4.78, 5) is 0. The van der Waals surface area contributed by atoms with Crippen LogP contribution in [-0.4, -0.2) is 59.8 Å². The van der Waals surface area contributed by atoms with Crippen LogP contribution >= 0.6 is 0 Å². The van der Waals surface area contributed by atoms with Gasteiger partial charge in [0.2, 0.25) is 10.8 Å². The quantitative estimate of drug-likeness (QED) is 0.308. The fourth-order valence-electron chi connectivity index (χ4n) is 0.0204. The van der Waals surface area contributed by atoms with Crippen LogP contribution in [-0.2, 0) is 32.2 Å². The zero-order valence-corrected chi connectivity index (χ0v) is 6.40. The molecule has 0 unspecified atom stereocenters. The summed E-state index contributed by atoms with van der Waals surface area (Å²) in [5.41, 5.74) is 0. The van der Waals surface area contributed by atoms with E-state index in [1.54, 1.807) is 0 Å². The van der Waals surface area contributed by atoms with E-state index < -0.39 is 9.84 Å². The SMILES string of the molecule is N#CS(=O)(=O)C#N.[Au].[KH]. The fraction of sp³-hybridized carbons (Fsp3) is 0. The molecule has 0 amide bonds. The van der Waals surface area contributed by atoms with E-state index >= 15 is 0 Å². The Bertz CT molecular complexity index is 214. The van der Waals surface area contributed by atoms with E-state index in [1.807, 2.05) is 0 Å². The van der Waals surface area contributed by atoms with Gasteiger partial charge in [-0.3, -0.25) is 0 Å². The van der Waals surface area contributed by atoms with Gasteiger partial charge >= 0.3 is 61.2 Å². The van der Waals surface area contributed by atoms with Gasteiger partial charge in [0.15, 0.2) is 0 Å². The van der Waals surface area contributed by atoms with Crippen LogP contribution in [0.15, 0.2) is 0 Å². The van der Waals surface area contributed by atoms with Gasteiger partial charge in [-0.15, -0.1) is 0 Å². The van der Waals surface area contributed by atoms with Gasteiger partial charge in [0.25, 0.3) is 0 Å². The van der Waals surface area contributed by atoms with Crippen molar-refractivity contribution < 1.29 is 30.8 Å². The molecule has 0 atom stereocenters. The molecule has 0 aromatic heterocycles. The van der Waals surface area contributed by atoms with Gasteiger partial charge in [-0.05, 0) is 0 Å². The summed E-state index contributed by atoms with van der Waals surface area (Å²) in [6.07, 6.45) is 0. The van der Waals surface area contributed by atoms with Crippen LogP contribution in [0.5, 0.6) is 0 Å². The third kappa shape index (κ3) is 9.31. The second-order valence-corrected chi connectivity index (χ2v) is 2.06. The van der Waals surface area contributed by atoms with E-state index in [0.717, 1.165) is 10.8 Å². The molecule has 7 heteroatoms. The number of hydrogen-bond donors (Lipinski definition) is 0. The number of nitrogens with zero attached hydrogens (tertiary/aromatic N) is 2. The van der Waals surface area contributed by atoms with E-state index in [4.69, 9.17) is 10.5 Å². The van der Waals surface area contributed by atoms with Crippen LogP contribution in [0.4, 0.5) is 0 Å². The van der Waals surface area contributed by atoms with Gasteiger partial charge in [-0.25, -0.2) is 0 Å². The van der Waals surface area contributed by atoms with E-state index in [9.17, 15) is 8.42 Å². The van der Waals surface area contributed by atoms with Crippen molar-refractivity contribution in [2.75, 3.05) is 0 Å². The number of rotatable bonds is 0. The first-order valence-electron chi connectivity index (χ1n) is 1.19. The van der Waals surface area contributed by atoms with Gasteiger partial charge in [-0.2, -0.15) is 18.9 Å². The summed E-state index contributed by atoms with van der Waals surface area (Å²) < 4.78 is 19.3. The molecule has 0 saturated heterocycles. The molecule has 0 bridgehead atoms. The van der Waals surface area contributed by atoms with E-state index in [1.165, 1.54) is 0 Å². The van der Waals surface area contributed by atoms with Crippen LogP contribution in [0.2, 0.25) is 0 Å². The Balaban J connectivity index is -0.000000180. The van der Waals surface area contributed by atoms with Crippen LogP contribution in [0.25, 0.3) is 0 Å². The second kappa shape index (κ2) is 7.41. The standard InChI is InChI=1S/C2N2O2S.Au.K.H/c3-1-7(5,6)2-4;;;. The molecular formula is C2HAuKN2O2S. The predicted octanol–water partition coefficient (Wildman–Crippen LogP) is -1.29. The molecule has 0 aromatic rings. The van der Waals surface area contributed by atoms with Crippen molar-refractivity contribution in [1.29, 1.82) is 10.5 Å². The van der Waals surface area contributed by atoms with Gasteiger partial charge in [0, 0.05) is 22.4 Å². The molecule has 1 radical (unpaired) electrons. The average Bonchev–Trinajstić information content (AvgIpc) is 1.68. The van der Waals surface area contributed by atoms with E-state index in [-0.39, 0.29) is 73.8 Å². The number of thiocyanates is 2. The van der Waals surface area contributed by atoms with Crippen molar-refractivity contribution in [3.8, 4) is 10.8 Å². The molecule has 0 aromatic carbocycles. The zero-order valence-electron chi connectivity index (χ0n) is 3.42. The summed E-state index contributed by atoms with van der Waals surface area (Å²) in [5, 5.41) is 16.7. The van der Waals surface area contributed by atoms with Gasteiger partial charge in [-0.1, -0.05) is 0 Å². The molecule has 49 valence electrons. The molecule has 0 aliphatic carbocycles. The number of nitriles is 2.